The van der Waals surface area contributed by atoms with Gasteiger partial charge in [-0.05, 0) is 66.2 Å². The highest BCUT2D eigenvalue weighted by Gasteiger charge is 2.34. The Kier molecular flexibility index (Phi) is 7.62. The molecule has 1 amide bonds. The number of phenolic OH excluding ortho intramolecular Hbond substituents is 1. The van der Waals surface area contributed by atoms with E-state index in [2.05, 4.69) is 10.2 Å². The van der Waals surface area contributed by atoms with Gasteiger partial charge in [-0.1, -0.05) is 42.5 Å². The van der Waals surface area contributed by atoms with Crippen LogP contribution in [0.3, 0.4) is 0 Å². The number of amides is 1. The number of furan rings is 1. The maximum atomic E-state index is 13.2. The lowest BCUT2D eigenvalue weighted by Crippen LogP contribution is -2.28. The van der Waals surface area contributed by atoms with Crippen LogP contribution in [0.1, 0.15) is 23.8 Å². The number of rotatable bonds is 8. The first-order chi connectivity index (χ1) is 16.6. The normalized spacial score (nSPS) is 16.5. The Morgan fingerprint density at radius 1 is 1.12 bits per heavy atom. The molecule has 1 fully saturated rings. The summed E-state index contributed by atoms with van der Waals surface area (Å²) in [6.45, 7) is 2.50. The van der Waals surface area contributed by atoms with Crippen LogP contribution < -0.4 is 4.74 Å². The first-order valence-electron chi connectivity index (χ1n) is 10.7. The minimum absolute atomic E-state index is 0.0500. The maximum absolute atomic E-state index is 13.2. The van der Waals surface area contributed by atoms with E-state index in [1.165, 1.54) is 16.7 Å². The van der Waals surface area contributed by atoms with Crippen LogP contribution in [-0.4, -0.2) is 33.9 Å². The molecule has 172 valence electrons. The quantitative estimate of drug-likeness (QED) is 0.263. The van der Waals surface area contributed by atoms with Gasteiger partial charge in [0.15, 0.2) is 16.7 Å². The summed E-state index contributed by atoms with van der Waals surface area (Å²) in [5.41, 5.74) is 1.78. The molecule has 0 spiro atoms. The molecule has 2 aromatic carbocycles. The first kappa shape index (κ1) is 23.1. The third-order valence-corrected chi connectivity index (χ3v) is 5.74. The van der Waals surface area contributed by atoms with Crippen molar-refractivity contribution in [3.05, 3.63) is 94.8 Å². The van der Waals surface area contributed by atoms with Crippen LogP contribution in [0.5, 0.6) is 11.5 Å². The van der Waals surface area contributed by atoms with Gasteiger partial charge in [0.05, 0.1) is 24.3 Å². The molecular weight excluding hydrogens is 450 g/mol. The summed E-state index contributed by atoms with van der Waals surface area (Å²) < 4.78 is 10.9. The van der Waals surface area contributed by atoms with Gasteiger partial charge in [0.25, 0.3) is 5.91 Å². The van der Waals surface area contributed by atoms with Crippen molar-refractivity contribution in [2.75, 3.05) is 6.61 Å². The number of carbonyl (C=O) groups excluding carboxylic acids is 1. The lowest BCUT2D eigenvalue weighted by Gasteiger charge is -2.12. The lowest BCUT2D eigenvalue weighted by molar-refractivity contribution is -0.122. The van der Waals surface area contributed by atoms with E-state index in [4.69, 9.17) is 9.15 Å². The average molecular weight is 474 g/mol. The molecule has 1 aliphatic heterocycles. The number of thioether (sulfide) groups is 1. The standard InChI is InChI=1S/C26H23N3O4S/c1-2-32-23-16-20(12-13-22(23)30)17-24-25(31)29(18-21-11-7-15-33-21)26(34-24)28-27-14-6-10-19-8-4-3-5-9-19/h3-17,30H,2,18H2,1H3/b10-6+,24-17-,27-14+,28-26-. The summed E-state index contributed by atoms with van der Waals surface area (Å²) in [4.78, 5) is 15.2. The third kappa shape index (κ3) is 5.85. The van der Waals surface area contributed by atoms with Gasteiger partial charge in [-0.3, -0.25) is 9.69 Å². The summed E-state index contributed by atoms with van der Waals surface area (Å²) in [5.74, 6) is 0.845. The van der Waals surface area contributed by atoms with Crippen LogP contribution in [0.2, 0.25) is 0 Å². The molecule has 4 rings (SSSR count). The predicted octanol–water partition coefficient (Wildman–Crippen LogP) is 5.56. The van der Waals surface area contributed by atoms with Crippen LogP contribution in [-0.2, 0) is 11.3 Å². The Hall–Kier alpha value is -4.04. The third-order valence-electron chi connectivity index (χ3n) is 4.75. The molecule has 0 atom stereocenters. The highest BCUT2D eigenvalue weighted by atomic mass is 32.2. The molecule has 1 aliphatic rings. The van der Waals surface area contributed by atoms with Crippen molar-refractivity contribution in [3.8, 4) is 11.5 Å². The molecule has 3 aromatic rings. The van der Waals surface area contributed by atoms with Crippen molar-refractivity contribution in [2.45, 2.75) is 13.5 Å². The average Bonchev–Trinajstić information content (AvgIpc) is 3.46. The Bertz CT molecular complexity index is 1250. The second-order valence-corrected chi connectivity index (χ2v) is 8.17. The first-order valence-corrected chi connectivity index (χ1v) is 11.5. The van der Waals surface area contributed by atoms with E-state index in [1.54, 1.807) is 55.0 Å². The lowest BCUT2D eigenvalue weighted by atomic mass is 10.2. The largest absolute Gasteiger partial charge is 0.504 e. The molecule has 0 bridgehead atoms. The zero-order valence-corrected chi connectivity index (χ0v) is 19.3. The van der Waals surface area contributed by atoms with E-state index in [1.807, 2.05) is 43.3 Å². The van der Waals surface area contributed by atoms with Crippen molar-refractivity contribution in [2.24, 2.45) is 10.2 Å². The van der Waals surface area contributed by atoms with Gasteiger partial charge in [0.1, 0.15) is 5.76 Å². The van der Waals surface area contributed by atoms with Crippen LogP contribution in [0.15, 0.2) is 92.5 Å². The second-order valence-electron chi connectivity index (χ2n) is 7.16. The SMILES string of the molecule is CCOc1cc(/C=C2\S\C(=N/N=C/C=C/c3ccccc3)N(Cc3ccco3)C2=O)ccc1O. The second kappa shape index (κ2) is 11.2. The molecule has 1 saturated heterocycles. The topological polar surface area (TPSA) is 87.6 Å². The van der Waals surface area contributed by atoms with E-state index in [0.717, 1.165) is 11.1 Å². The van der Waals surface area contributed by atoms with Gasteiger partial charge in [-0.25, -0.2) is 0 Å². The van der Waals surface area contributed by atoms with E-state index in [9.17, 15) is 9.90 Å². The van der Waals surface area contributed by atoms with Crippen LogP contribution >= 0.6 is 11.8 Å². The molecule has 0 radical (unpaired) electrons. The fourth-order valence-corrected chi connectivity index (χ4v) is 4.10. The van der Waals surface area contributed by atoms with E-state index in [-0.39, 0.29) is 18.2 Å². The molecule has 34 heavy (non-hydrogen) atoms. The minimum Gasteiger partial charge on any atom is -0.504 e. The monoisotopic (exact) mass is 473 g/mol. The highest BCUT2D eigenvalue weighted by Crippen LogP contribution is 2.35. The van der Waals surface area contributed by atoms with Gasteiger partial charge in [-0.2, -0.15) is 5.10 Å². The zero-order valence-electron chi connectivity index (χ0n) is 18.5. The number of amidine groups is 1. The van der Waals surface area contributed by atoms with Crippen LogP contribution in [0.25, 0.3) is 12.2 Å². The van der Waals surface area contributed by atoms with E-state index >= 15 is 0 Å². The van der Waals surface area contributed by atoms with Crippen molar-refractivity contribution in [3.63, 3.8) is 0 Å². The van der Waals surface area contributed by atoms with Gasteiger partial charge in [-0.15, -0.1) is 5.10 Å². The van der Waals surface area contributed by atoms with Crippen molar-refractivity contribution >= 4 is 41.2 Å². The summed E-state index contributed by atoms with van der Waals surface area (Å²) >= 11 is 1.23. The molecule has 8 heteroatoms. The van der Waals surface area contributed by atoms with Gasteiger partial charge < -0.3 is 14.3 Å². The van der Waals surface area contributed by atoms with Crippen molar-refractivity contribution < 1.29 is 19.1 Å². The number of ether oxygens (including phenoxy) is 1. The number of carbonyl (C=O) groups is 1. The van der Waals surface area contributed by atoms with Gasteiger partial charge in [0.2, 0.25) is 0 Å². The highest BCUT2D eigenvalue weighted by molar-refractivity contribution is 8.18. The number of aromatic hydroxyl groups is 1. The van der Waals surface area contributed by atoms with Gasteiger partial charge in [0, 0.05) is 6.21 Å². The van der Waals surface area contributed by atoms with Crippen molar-refractivity contribution in [1.29, 1.82) is 0 Å². The van der Waals surface area contributed by atoms with E-state index in [0.29, 0.717) is 28.2 Å². The Balaban J connectivity index is 1.57. The molecule has 7 nitrogen and oxygen atoms in total. The Morgan fingerprint density at radius 3 is 2.74 bits per heavy atom. The molecule has 0 unspecified atom stereocenters. The number of hydrogen-bond donors (Lipinski definition) is 1. The molecule has 1 aromatic heterocycles. The fourth-order valence-electron chi connectivity index (χ4n) is 3.16. The summed E-state index contributed by atoms with van der Waals surface area (Å²) in [5, 5.41) is 18.8. The summed E-state index contributed by atoms with van der Waals surface area (Å²) in [7, 11) is 0. The number of nitrogens with zero attached hydrogens (tertiary/aromatic N) is 3. The van der Waals surface area contributed by atoms with Crippen LogP contribution in [0, 0.1) is 0 Å². The van der Waals surface area contributed by atoms with Crippen LogP contribution in [0.4, 0.5) is 0 Å². The number of allylic oxidation sites excluding steroid dienone is 1. The molecular formula is C26H23N3O4S. The van der Waals surface area contributed by atoms with Crippen molar-refractivity contribution in [1.82, 2.24) is 4.90 Å². The minimum atomic E-state index is -0.207. The summed E-state index contributed by atoms with van der Waals surface area (Å²) in [6.07, 6.45) is 8.59. The molecule has 0 aliphatic carbocycles. The molecule has 1 N–H and O–H groups in total. The Labute approximate surface area is 201 Å². The number of phenols is 1. The molecule has 0 saturated carbocycles. The maximum Gasteiger partial charge on any atom is 0.267 e. The molecule has 2 heterocycles. The smallest absolute Gasteiger partial charge is 0.267 e. The predicted molar refractivity (Wildman–Crippen MR) is 136 cm³/mol. The Morgan fingerprint density at radius 2 is 1.97 bits per heavy atom. The van der Waals surface area contributed by atoms with E-state index < -0.39 is 0 Å². The fraction of sp³-hybridized carbons (Fsp3) is 0.115. The summed E-state index contributed by atoms with van der Waals surface area (Å²) in [6, 6.07) is 18.4. The number of benzene rings is 2. The number of hydrogen-bond acceptors (Lipinski definition) is 7. The van der Waals surface area contributed by atoms with Gasteiger partial charge >= 0.3 is 0 Å². The zero-order chi connectivity index (χ0) is 23.8.